The molecule has 0 aromatic heterocycles. The van der Waals surface area contributed by atoms with Gasteiger partial charge < -0.3 is 20.3 Å². The summed E-state index contributed by atoms with van der Waals surface area (Å²) >= 11 is 0. The molecule has 3 N–H and O–H groups in total. The summed E-state index contributed by atoms with van der Waals surface area (Å²) in [4.78, 5) is 54.6. The van der Waals surface area contributed by atoms with Gasteiger partial charge in [-0.3, -0.25) is 14.4 Å². The van der Waals surface area contributed by atoms with Gasteiger partial charge in [-0.15, -0.1) is 0 Å². The number of benzene rings is 1. The molecule has 1 aliphatic carbocycles. The Bertz CT molecular complexity index is 1450. The lowest BCUT2D eigenvalue weighted by molar-refractivity contribution is -0.141. The maximum absolute atomic E-state index is 13.7. The zero-order chi connectivity index (χ0) is 31.4. The van der Waals surface area contributed by atoms with E-state index < -0.39 is 63.0 Å². The first-order valence-electron chi connectivity index (χ1n) is 14.6. The second-order valence-corrected chi connectivity index (χ2v) is 14.0. The van der Waals surface area contributed by atoms with E-state index in [-0.39, 0.29) is 16.9 Å². The minimum absolute atomic E-state index is 0.119. The highest BCUT2D eigenvalue weighted by Crippen LogP contribution is 2.45. The molecule has 4 atom stereocenters. The number of nitrogens with zero attached hydrogens (tertiary/aromatic N) is 2. The van der Waals surface area contributed by atoms with E-state index in [2.05, 4.69) is 15.4 Å². The molecule has 13 heteroatoms. The van der Waals surface area contributed by atoms with Gasteiger partial charge in [-0.05, 0) is 77.5 Å². The summed E-state index contributed by atoms with van der Waals surface area (Å²) in [6.07, 6.45) is 7.46. The van der Waals surface area contributed by atoms with E-state index in [1.54, 1.807) is 20.8 Å². The largest absolute Gasteiger partial charge is 0.444 e. The zero-order valence-electron chi connectivity index (χ0n) is 24.7. The van der Waals surface area contributed by atoms with Gasteiger partial charge in [-0.2, -0.15) is 5.26 Å². The number of amides is 4. The second kappa shape index (κ2) is 12.8. The zero-order valence-corrected chi connectivity index (χ0v) is 25.5. The molecule has 2 aliphatic heterocycles. The molecule has 4 amide bonds. The number of allylic oxidation sites excluding steroid dienone is 1. The van der Waals surface area contributed by atoms with Gasteiger partial charge in [0.25, 0.3) is 15.9 Å². The van der Waals surface area contributed by atoms with Crippen LogP contribution in [0.25, 0.3) is 0 Å². The molecule has 3 aliphatic rings. The first-order valence-corrected chi connectivity index (χ1v) is 16.1. The molecule has 12 nitrogen and oxygen atoms in total. The Kier molecular flexibility index (Phi) is 9.49. The molecule has 1 saturated heterocycles. The van der Waals surface area contributed by atoms with Crippen molar-refractivity contribution in [3.05, 3.63) is 42.0 Å². The number of nitriles is 1. The second-order valence-electron chi connectivity index (χ2n) is 12.3. The number of nitrogens with one attached hydrogen (secondary N) is 3. The number of carbonyl (C=O) groups is 4. The van der Waals surface area contributed by atoms with Gasteiger partial charge in [0.1, 0.15) is 23.2 Å². The van der Waals surface area contributed by atoms with Crippen LogP contribution in [0.3, 0.4) is 0 Å². The number of rotatable bonds is 4. The van der Waals surface area contributed by atoms with Crippen LogP contribution < -0.4 is 15.4 Å². The molecule has 0 radical (unpaired) electrons. The van der Waals surface area contributed by atoms with Crippen LogP contribution >= 0.6 is 0 Å². The summed E-state index contributed by atoms with van der Waals surface area (Å²) in [7, 11) is -4.34. The predicted molar refractivity (Wildman–Crippen MR) is 156 cm³/mol. The van der Waals surface area contributed by atoms with E-state index in [1.807, 2.05) is 18.2 Å². The fraction of sp³-hybridized carbons (Fsp3) is 0.567. The molecule has 2 heterocycles. The summed E-state index contributed by atoms with van der Waals surface area (Å²) in [5.41, 5.74) is -2.15. The lowest BCUT2D eigenvalue weighted by Crippen LogP contribution is -2.58. The lowest BCUT2D eigenvalue weighted by Gasteiger charge is -2.30. The summed E-state index contributed by atoms with van der Waals surface area (Å²) < 4.78 is 33.6. The van der Waals surface area contributed by atoms with Gasteiger partial charge in [0.15, 0.2) is 0 Å². The van der Waals surface area contributed by atoms with Crippen molar-refractivity contribution in [1.29, 1.82) is 5.26 Å². The Balaban J connectivity index is 1.57. The van der Waals surface area contributed by atoms with Crippen LogP contribution in [0.5, 0.6) is 0 Å². The van der Waals surface area contributed by atoms with Crippen LogP contribution in [0.4, 0.5) is 4.79 Å². The van der Waals surface area contributed by atoms with Gasteiger partial charge in [-0.25, -0.2) is 17.9 Å². The molecule has 0 bridgehead atoms. The minimum atomic E-state index is -4.34. The maximum Gasteiger partial charge on any atom is 0.408 e. The van der Waals surface area contributed by atoms with E-state index in [0.717, 1.165) is 18.9 Å². The van der Waals surface area contributed by atoms with Crippen LogP contribution in [0, 0.1) is 17.2 Å². The van der Waals surface area contributed by atoms with Gasteiger partial charge in [-0.1, -0.05) is 31.1 Å². The average molecular weight is 614 g/mol. The molecule has 1 saturated carbocycles. The molecule has 0 spiro atoms. The molecule has 43 heavy (non-hydrogen) atoms. The number of carbonyl (C=O) groups excluding carboxylic acids is 4. The summed E-state index contributed by atoms with van der Waals surface area (Å²) in [6, 6.07) is 5.39. The Hall–Kier alpha value is -3.92. The van der Waals surface area contributed by atoms with E-state index in [9.17, 15) is 27.6 Å². The van der Waals surface area contributed by atoms with Crippen LogP contribution in [0.1, 0.15) is 77.7 Å². The quantitative estimate of drug-likeness (QED) is 0.435. The highest BCUT2D eigenvalue weighted by molar-refractivity contribution is 7.90. The first kappa shape index (κ1) is 32.0. The summed E-state index contributed by atoms with van der Waals surface area (Å²) in [6.45, 7) is 5.48. The van der Waals surface area contributed by atoms with Crippen molar-refractivity contribution < 1.29 is 32.3 Å². The SMILES string of the molecule is CC(C)(C)OC(=O)N[C@H]1CCCCC/C=C\C2C[C@@]2(C(=O)NS(=O)(=O)c2cccc(C#N)c2)NC(=O)[C@@H]2CCCN2C1=O. The van der Waals surface area contributed by atoms with Crippen molar-refractivity contribution in [3.63, 3.8) is 0 Å². The van der Waals surface area contributed by atoms with Gasteiger partial charge in [0.05, 0.1) is 16.5 Å². The highest BCUT2D eigenvalue weighted by atomic mass is 32.2. The van der Waals surface area contributed by atoms with Crippen LogP contribution in [-0.2, 0) is 29.1 Å². The Morgan fingerprint density at radius 3 is 2.63 bits per heavy atom. The highest BCUT2D eigenvalue weighted by Gasteiger charge is 2.61. The number of hydrogen-bond donors (Lipinski definition) is 3. The molecule has 1 aromatic rings. The number of hydrogen-bond acceptors (Lipinski definition) is 8. The number of sulfonamides is 1. The van der Waals surface area contributed by atoms with Crippen molar-refractivity contribution >= 4 is 33.8 Å². The topological polar surface area (TPSA) is 175 Å². The van der Waals surface area contributed by atoms with Crippen molar-refractivity contribution in [2.45, 2.75) is 100 Å². The van der Waals surface area contributed by atoms with E-state index >= 15 is 0 Å². The van der Waals surface area contributed by atoms with Crippen LogP contribution in [-0.4, -0.2) is 66.9 Å². The molecule has 1 unspecified atom stereocenters. The number of fused-ring (bicyclic) bond motifs is 2. The molecular weight excluding hydrogens is 574 g/mol. The van der Waals surface area contributed by atoms with Crippen molar-refractivity contribution in [1.82, 2.24) is 20.3 Å². The summed E-state index contributed by atoms with van der Waals surface area (Å²) in [5.74, 6) is -2.29. The fourth-order valence-electron chi connectivity index (χ4n) is 5.55. The third kappa shape index (κ3) is 7.73. The average Bonchev–Trinajstić information content (AvgIpc) is 3.39. The fourth-order valence-corrected chi connectivity index (χ4v) is 6.63. The molecule has 232 valence electrons. The molecule has 2 fully saturated rings. The number of ether oxygens (including phenoxy) is 1. The van der Waals surface area contributed by atoms with Gasteiger partial charge in [0.2, 0.25) is 11.8 Å². The number of alkyl carbamates (subject to hydrolysis) is 1. The van der Waals surface area contributed by atoms with Gasteiger partial charge in [0, 0.05) is 12.5 Å². The first-order chi connectivity index (χ1) is 20.3. The predicted octanol–water partition coefficient (Wildman–Crippen LogP) is 2.64. The maximum atomic E-state index is 13.7. The Morgan fingerprint density at radius 2 is 1.91 bits per heavy atom. The Labute approximate surface area is 252 Å². The summed E-state index contributed by atoms with van der Waals surface area (Å²) in [5, 5.41) is 14.6. The monoisotopic (exact) mass is 613 g/mol. The van der Waals surface area contributed by atoms with E-state index in [0.29, 0.717) is 38.6 Å². The van der Waals surface area contributed by atoms with Crippen molar-refractivity contribution in [3.8, 4) is 6.07 Å². The molecule has 1 aromatic carbocycles. The van der Waals surface area contributed by atoms with Crippen LogP contribution in [0.2, 0.25) is 0 Å². The normalized spacial score (nSPS) is 27.2. The third-order valence-electron chi connectivity index (χ3n) is 7.83. The van der Waals surface area contributed by atoms with Crippen molar-refractivity contribution in [2.24, 2.45) is 5.92 Å². The lowest BCUT2D eigenvalue weighted by atomic mass is 10.0. The third-order valence-corrected chi connectivity index (χ3v) is 9.15. The smallest absolute Gasteiger partial charge is 0.408 e. The molecule has 4 rings (SSSR count). The van der Waals surface area contributed by atoms with Crippen LogP contribution in [0.15, 0.2) is 41.3 Å². The molecular formula is C30H39N5O7S. The van der Waals surface area contributed by atoms with E-state index in [1.165, 1.54) is 23.1 Å². The minimum Gasteiger partial charge on any atom is -0.444 e. The standard InChI is InChI=1S/C30H39N5O7S/c1-29(2,3)42-28(39)32-23-14-8-6-4-5-7-12-21-18-30(21,33-25(36)24-15-10-16-35(24)26(23)37)27(38)34-43(40,41)22-13-9-11-20(17-22)19-31/h7,9,11-13,17,21,23-24H,4-6,8,10,14-16,18H2,1-3H3,(H,32,39)(H,33,36)(H,34,38)/b12-7-/t21?,23-,24-,30+/m0/s1. The van der Waals surface area contributed by atoms with Crippen molar-refractivity contribution in [2.75, 3.05) is 6.54 Å². The van der Waals surface area contributed by atoms with Gasteiger partial charge >= 0.3 is 6.09 Å². The van der Waals surface area contributed by atoms with E-state index in [4.69, 9.17) is 10.00 Å². The Morgan fingerprint density at radius 1 is 1.14 bits per heavy atom.